The van der Waals surface area contributed by atoms with Gasteiger partial charge in [-0.2, -0.15) is 0 Å². The lowest BCUT2D eigenvalue weighted by Gasteiger charge is -2.22. The molecule has 0 bridgehead atoms. The summed E-state index contributed by atoms with van der Waals surface area (Å²) < 4.78 is 0. The van der Waals surface area contributed by atoms with Gasteiger partial charge in [-0.25, -0.2) is 0 Å². The summed E-state index contributed by atoms with van der Waals surface area (Å²) in [6, 6.07) is 2.51. The van der Waals surface area contributed by atoms with Gasteiger partial charge < -0.3 is 15.5 Å². The number of aliphatic hydroxyl groups is 2. The highest BCUT2D eigenvalue weighted by atomic mass is 35.5. The molecule has 0 heterocycles. The largest absolute Gasteiger partial charge is 0.394 e. The molecule has 2 atom stereocenters. The number of carbonyl (C=O) groups excluding carboxylic acids is 1. The van der Waals surface area contributed by atoms with Crippen LogP contribution < -0.4 is 5.32 Å². The predicted octanol–water partition coefficient (Wildman–Crippen LogP) is 1.56. The van der Waals surface area contributed by atoms with E-state index < -0.39 is 40.1 Å². The highest BCUT2D eigenvalue weighted by Crippen LogP contribution is 2.28. The summed E-state index contributed by atoms with van der Waals surface area (Å²) in [6.45, 7) is -0.621. The molecule has 0 aromatic heterocycles. The van der Waals surface area contributed by atoms with Crippen LogP contribution in [0.15, 0.2) is 18.2 Å². The van der Waals surface area contributed by atoms with Gasteiger partial charge in [0.2, 0.25) is 0 Å². The molecule has 1 aromatic rings. The minimum atomic E-state index is -1.40. The molecule has 116 valence electrons. The Balaban J connectivity index is 3.00. The molecule has 0 fully saturated rings. The van der Waals surface area contributed by atoms with Crippen LogP contribution in [0, 0.1) is 10.1 Å². The number of carbonyl (C=O) groups is 1. The second-order valence-corrected chi connectivity index (χ2v) is 5.51. The quantitative estimate of drug-likeness (QED) is 0.406. The van der Waals surface area contributed by atoms with Crippen molar-refractivity contribution in [1.82, 2.24) is 5.32 Å². The number of alkyl halides is 2. The van der Waals surface area contributed by atoms with Crippen molar-refractivity contribution in [2.24, 2.45) is 0 Å². The molecule has 1 rings (SSSR count). The van der Waals surface area contributed by atoms with Crippen molar-refractivity contribution in [1.29, 1.82) is 0 Å². The summed E-state index contributed by atoms with van der Waals surface area (Å²) in [6.07, 6.45) is -1.40. The molecule has 0 saturated heterocycles. The third-order valence-corrected chi connectivity index (χ3v) is 3.33. The van der Waals surface area contributed by atoms with Crippen LogP contribution in [-0.4, -0.2) is 38.5 Å². The van der Waals surface area contributed by atoms with Gasteiger partial charge in [0.25, 0.3) is 11.6 Å². The molecule has 0 spiro atoms. The summed E-state index contributed by atoms with van der Waals surface area (Å²) in [7, 11) is 0. The molecular formula is C11H11Cl3N2O5. The van der Waals surface area contributed by atoms with Crippen molar-refractivity contribution in [2.45, 2.75) is 17.0 Å². The van der Waals surface area contributed by atoms with E-state index in [1.165, 1.54) is 12.1 Å². The van der Waals surface area contributed by atoms with Crippen molar-refractivity contribution in [2.75, 3.05) is 6.61 Å². The van der Waals surface area contributed by atoms with Gasteiger partial charge in [0.1, 0.15) is 11.1 Å². The first-order chi connectivity index (χ1) is 9.77. The van der Waals surface area contributed by atoms with E-state index in [-0.39, 0.29) is 10.6 Å². The fraction of sp³-hybridized carbons (Fsp3) is 0.364. The molecule has 21 heavy (non-hydrogen) atoms. The second-order valence-electron chi connectivity index (χ2n) is 4.01. The summed E-state index contributed by atoms with van der Waals surface area (Å²) in [5.41, 5.74) is -0.296. The second kappa shape index (κ2) is 7.77. The van der Waals surface area contributed by atoms with Crippen molar-refractivity contribution in [3.05, 3.63) is 38.9 Å². The van der Waals surface area contributed by atoms with E-state index in [2.05, 4.69) is 5.32 Å². The number of aliphatic hydroxyl groups excluding tert-OH is 2. The highest BCUT2D eigenvalue weighted by Gasteiger charge is 2.26. The molecule has 1 amide bonds. The standard InChI is InChI=1S/C11H11Cl3N2O5/c12-6-2-1-5(3-8(6)16(20)21)9(18)7(4-17)15-11(19)10(13)14/h1-3,7,9-10,17-18H,4H2,(H,15,19). The first-order valence-corrected chi connectivity index (χ1v) is 6.84. The lowest BCUT2D eigenvalue weighted by Crippen LogP contribution is -2.44. The van der Waals surface area contributed by atoms with Crippen LogP contribution in [0.25, 0.3) is 0 Å². The molecule has 7 nitrogen and oxygen atoms in total. The SMILES string of the molecule is O=C(NC(CO)C(O)c1ccc(Cl)c([N+](=O)[O-])c1)C(Cl)Cl. The van der Waals surface area contributed by atoms with Gasteiger partial charge in [0.15, 0.2) is 4.84 Å². The van der Waals surface area contributed by atoms with Crippen molar-refractivity contribution < 1.29 is 19.9 Å². The summed E-state index contributed by atoms with van der Waals surface area (Å²) >= 11 is 16.4. The minimum absolute atomic E-state index is 0.0953. The monoisotopic (exact) mass is 356 g/mol. The van der Waals surface area contributed by atoms with Gasteiger partial charge in [-0.05, 0) is 11.6 Å². The van der Waals surface area contributed by atoms with Crippen LogP contribution >= 0.6 is 34.8 Å². The first-order valence-electron chi connectivity index (χ1n) is 5.59. The fourth-order valence-corrected chi connectivity index (χ4v) is 1.87. The number of halogens is 3. The number of amides is 1. The van der Waals surface area contributed by atoms with E-state index in [1.54, 1.807) is 0 Å². The number of hydrogen-bond donors (Lipinski definition) is 3. The van der Waals surface area contributed by atoms with E-state index in [0.29, 0.717) is 0 Å². The number of nitrogens with one attached hydrogen (secondary N) is 1. The van der Waals surface area contributed by atoms with Gasteiger partial charge in [-0.15, -0.1) is 0 Å². The summed E-state index contributed by atoms with van der Waals surface area (Å²) in [4.78, 5) is 20.1. The van der Waals surface area contributed by atoms with Crippen LogP contribution in [0.2, 0.25) is 5.02 Å². The molecular weight excluding hydrogens is 346 g/mol. The Kier molecular flexibility index (Phi) is 6.63. The lowest BCUT2D eigenvalue weighted by molar-refractivity contribution is -0.384. The Morgan fingerprint density at radius 1 is 1.43 bits per heavy atom. The predicted molar refractivity (Wildman–Crippen MR) is 77.6 cm³/mol. The van der Waals surface area contributed by atoms with Crippen molar-refractivity contribution in [3.8, 4) is 0 Å². The fourth-order valence-electron chi connectivity index (χ4n) is 1.56. The van der Waals surface area contributed by atoms with Crippen LogP contribution in [0.3, 0.4) is 0 Å². The third kappa shape index (κ3) is 4.69. The number of nitrogens with zero attached hydrogens (tertiary/aromatic N) is 1. The molecule has 0 saturated carbocycles. The normalized spacial score (nSPS) is 13.8. The molecule has 10 heteroatoms. The van der Waals surface area contributed by atoms with Crippen LogP contribution in [0.4, 0.5) is 5.69 Å². The Bertz CT molecular complexity index is 541. The number of benzene rings is 1. The molecule has 2 unspecified atom stereocenters. The van der Waals surface area contributed by atoms with E-state index >= 15 is 0 Å². The maximum Gasteiger partial charge on any atom is 0.288 e. The lowest BCUT2D eigenvalue weighted by atomic mass is 10.0. The van der Waals surface area contributed by atoms with Crippen LogP contribution in [0.1, 0.15) is 11.7 Å². The van der Waals surface area contributed by atoms with Gasteiger partial charge in [0, 0.05) is 6.07 Å². The zero-order valence-corrected chi connectivity index (χ0v) is 12.6. The van der Waals surface area contributed by atoms with E-state index in [4.69, 9.17) is 34.8 Å². The number of hydrogen-bond acceptors (Lipinski definition) is 5. The zero-order valence-electron chi connectivity index (χ0n) is 10.4. The van der Waals surface area contributed by atoms with E-state index in [9.17, 15) is 25.1 Å². The van der Waals surface area contributed by atoms with Crippen LogP contribution in [-0.2, 0) is 4.79 Å². The molecule has 0 radical (unpaired) electrons. The number of nitro groups is 1. The van der Waals surface area contributed by atoms with Crippen LogP contribution in [0.5, 0.6) is 0 Å². The maximum atomic E-state index is 11.4. The Labute approximate surface area is 134 Å². The Hall–Kier alpha value is -1.12. The summed E-state index contributed by atoms with van der Waals surface area (Å²) in [5, 5.41) is 32.2. The van der Waals surface area contributed by atoms with Gasteiger partial charge in [-0.1, -0.05) is 40.9 Å². The van der Waals surface area contributed by atoms with Gasteiger partial charge in [-0.3, -0.25) is 14.9 Å². The van der Waals surface area contributed by atoms with Gasteiger partial charge >= 0.3 is 0 Å². The van der Waals surface area contributed by atoms with E-state index in [1.807, 2.05) is 0 Å². The minimum Gasteiger partial charge on any atom is -0.394 e. The zero-order chi connectivity index (χ0) is 16.2. The molecule has 1 aromatic carbocycles. The van der Waals surface area contributed by atoms with Crippen molar-refractivity contribution >= 4 is 46.4 Å². The molecule has 3 N–H and O–H groups in total. The number of rotatable bonds is 6. The molecule has 0 aliphatic carbocycles. The van der Waals surface area contributed by atoms with E-state index in [0.717, 1.165) is 6.07 Å². The molecule has 0 aliphatic rings. The van der Waals surface area contributed by atoms with Gasteiger partial charge in [0.05, 0.1) is 17.6 Å². The Morgan fingerprint density at radius 3 is 2.52 bits per heavy atom. The number of nitro benzene ring substituents is 1. The third-order valence-electron chi connectivity index (χ3n) is 2.61. The first kappa shape index (κ1) is 17.9. The van der Waals surface area contributed by atoms with Crippen molar-refractivity contribution in [3.63, 3.8) is 0 Å². The average Bonchev–Trinajstić information content (AvgIpc) is 2.43. The Morgan fingerprint density at radius 2 is 2.05 bits per heavy atom. The average molecular weight is 358 g/mol. The topological polar surface area (TPSA) is 113 Å². The maximum absolute atomic E-state index is 11.4. The highest BCUT2D eigenvalue weighted by molar-refractivity contribution is 6.53. The molecule has 0 aliphatic heterocycles. The summed E-state index contributed by atoms with van der Waals surface area (Å²) in [5.74, 6) is -0.806. The smallest absolute Gasteiger partial charge is 0.288 e.